The van der Waals surface area contributed by atoms with E-state index in [0.29, 0.717) is 50.0 Å². The fraction of sp³-hybridized carbons (Fsp3) is 0.688. The van der Waals surface area contributed by atoms with E-state index in [4.69, 9.17) is 28.4 Å². The number of esters is 7. The van der Waals surface area contributed by atoms with Crippen molar-refractivity contribution in [3.8, 4) is 0 Å². The van der Waals surface area contributed by atoms with Gasteiger partial charge in [0.05, 0.1) is 161 Å². The summed E-state index contributed by atoms with van der Waals surface area (Å²) >= 11 is 0. The van der Waals surface area contributed by atoms with E-state index in [1.165, 1.54) is 39.0 Å². The Hall–Kier alpha value is -3.21. The summed E-state index contributed by atoms with van der Waals surface area (Å²) in [5.74, 6) is 0.979. The summed E-state index contributed by atoms with van der Waals surface area (Å²) in [6.07, 6.45) is 17.0. The molecule has 414 valence electrons. The largest absolute Gasteiger partial charge is 0.498 e. The standard InChI is InChI=1S/C9H12OSi.C8H16O2Si.C7H14O2Si.2C6H14O2Si.C5H12O2Si.C4H10O2Si.C3H8O2Si/c1-8(10-7-11)9-5-3-2-4-6-9;9-8(10-6-11)7-4-2-1-3-5-7;8-7(9-5-10)6-3-1-2-4-6;1-6(2,3)5(7)8-4-9;1-3-5(2)6(7)8-4-9;1-4(2)5(6)7-3-8;1-2-4(5)6-3-7;1-3(4)5-2-6/h2-6H,1,7H2,11H3;7H,1-6H2,11H3;6H,1-5H2,10H3;4H2,1-3,9H3;5H,3-4H2,1-2,9H3;4H,3H2,1-2,8H3;2-3H2,1,7H3;2H2,1,6H3. The molecule has 0 N–H and O–H groups in total. The minimum atomic E-state index is -0.329. The molecule has 2 fully saturated rings. The van der Waals surface area contributed by atoms with Crippen molar-refractivity contribution in [2.45, 2.75) is 133 Å². The molecule has 0 heterocycles. The molecule has 0 bridgehead atoms. The maximum atomic E-state index is 11.2. The lowest BCUT2D eigenvalue weighted by Gasteiger charge is -2.19. The van der Waals surface area contributed by atoms with Crippen molar-refractivity contribution < 1.29 is 71.5 Å². The van der Waals surface area contributed by atoms with Gasteiger partial charge in [-0.15, -0.1) is 0 Å². The first kappa shape index (κ1) is 76.7. The van der Waals surface area contributed by atoms with Crippen molar-refractivity contribution in [3.63, 3.8) is 0 Å². The van der Waals surface area contributed by atoms with E-state index in [2.05, 4.69) is 16.1 Å². The maximum absolute atomic E-state index is 11.2. The van der Waals surface area contributed by atoms with Gasteiger partial charge < -0.3 is 37.9 Å². The Bertz CT molecular complexity index is 1520. The van der Waals surface area contributed by atoms with E-state index in [-0.39, 0.29) is 70.9 Å². The Balaban J connectivity index is -0.000000235. The molecule has 0 saturated heterocycles. The highest BCUT2D eigenvalue weighted by molar-refractivity contribution is 6.10. The highest BCUT2D eigenvalue weighted by Gasteiger charge is 2.24. The number of rotatable bonds is 16. The molecule has 2 aliphatic rings. The predicted octanol–water partition coefficient (Wildman–Crippen LogP) is -1.09. The second-order valence-electron chi connectivity index (χ2n) is 17.1. The Kier molecular flexibility index (Phi) is 57.3. The average Bonchev–Trinajstić information content (AvgIpc) is 3.89. The average molecular weight is 1140 g/mol. The van der Waals surface area contributed by atoms with E-state index < -0.39 is 0 Å². The van der Waals surface area contributed by atoms with Crippen LogP contribution in [0.25, 0.3) is 5.76 Å². The summed E-state index contributed by atoms with van der Waals surface area (Å²) in [4.78, 5) is 74.5. The Morgan fingerprint density at radius 1 is 0.549 bits per heavy atom. The number of hydrogen-bond acceptors (Lipinski definition) is 15. The molecule has 1 unspecified atom stereocenters. The normalized spacial score (nSPS) is 13.1. The molecule has 0 amide bonds. The highest BCUT2D eigenvalue weighted by Crippen LogP contribution is 2.26. The number of carbonyl (C=O) groups is 7. The topological polar surface area (TPSA) is 193 Å². The lowest BCUT2D eigenvalue weighted by atomic mass is 9.89. The van der Waals surface area contributed by atoms with Gasteiger partial charge in [-0.2, -0.15) is 0 Å². The minimum absolute atomic E-state index is 0.0314. The van der Waals surface area contributed by atoms with Gasteiger partial charge in [0.25, 0.3) is 0 Å². The molecular weight excluding hydrogens is 1040 g/mol. The van der Waals surface area contributed by atoms with Gasteiger partial charge in [0.1, 0.15) is 5.76 Å². The number of hydrogen-bond donors (Lipinski definition) is 0. The van der Waals surface area contributed by atoms with Crippen LogP contribution in [0.3, 0.4) is 0 Å². The van der Waals surface area contributed by atoms with Crippen molar-refractivity contribution in [2.75, 3.05) is 49.8 Å². The molecule has 15 nitrogen and oxygen atoms in total. The molecule has 71 heavy (non-hydrogen) atoms. The zero-order valence-electron chi connectivity index (χ0n) is 47.5. The van der Waals surface area contributed by atoms with Gasteiger partial charge in [0, 0.05) is 18.9 Å². The first-order chi connectivity index (χ1) is 33.5. The van der Waals surface area contributed by atoms with E-state index in [1.807, 2.05) is 78.8 Å². The third-order valence-electron chi connectivity index (χ3n) is 9.50. The van der Waals surface area contributed by atoms with Gasteiger partial charge in [-0.25, -0.2) is 0 Å². The summed E-state index contributed by atoms with van der Waals surface area (Å²) in [6.45, 7) is 20.1. The molecule has 0 spiro atoms. The molecular formula is C48H100O15Si8. The van der Waals surface area contributed by atoms with Crippen LogP contribution in [0.5, 0.6) is 0 Å². The van der Waals surface area contributed by atoms with E-state index in [9.17, 15) is 33.6 Å². The van der Waals surface area contributed by atoms with Gasteiger partial charge >= 0.3 is 41.8 Å². The van der Waals surface area contributed by atoms with Crippen molar-refractivity contribution in [1.29, 1.82) is 0 Å². The van der Waals surface area contributed by atoms with Crippen LogP contribution in [0.1, 0.15) is 139 Å². The van der Waals surface area contributed by atoms with E-state index in [0.717, 1.165) is 132 Å². The monoisotopic (exact) mass is 1140 g/mol. The first-order valence-corrected chi connectivity index (χ1v) is 37.3. The summed E-state index contributed by atoms with van der Waals surface area (Å²) in [6, 6.07) is 9.95. The molecule has 23 heteroatoms. The molecule has 1 aromatic rings. The minimum Gasteiger partial charge on any atom is -0.498 e. The third-order valence-corrected chi connectivity index (χ3v) is 11.8. The van der Waals surface area contributed by atoms with Crippen molar-refractivity contribution in [2.24, 2.45) is 29.1 Å². The van der Waals surface area contributed by atoms with E-state index in [1.54, 1.807) is 6.92 Å². The molecule has 1 atom stereocenters. The Morgan fingerprint density at radius 2 is 0.930 bits per heavy atom. The Labute approximate surface area is 453 Å². The van der Waals surface area contributed by atoms with Gasteiger partial charge in [0.2, 0.25) is 0 Å². The predicted molar refractivity (Wildman–Crippen MR) is 316 cm³/mol. The maximum Gasteiger partial charge on any atom is 0.310 e. The van der Waals surface area contributed by atoms with Crippen LogP contribution in [0, 0.1) is 29.1 Å². The van der Waals surface area contributed by atoms with Crippen molar-refractivity contribution in [1.82, 2.24) is 0 Å². The molecule has 0 aliphatic heterocycles. The molecule has 2 aliphatic carbocycles. The van der Waals surface area contributed by atoms with Crippen LogP contribution in [-0.4, -0.2) is 174 Å². The summed E-state index contributed by atoms with van der Waals surface area (Å²) in [5.41, 5.74) is 0.744. The molecule has 1 aromatic carbocycles. The lowest BCUT2D eigenvalue weighted by Crippen LogP contribution is -2.23. The van der Waals surface area contributed by atoms with E-state index >= 15 is 0 Å². The fourth-order valence-electron chi connectivity index (χ4n) is 5.48. The summed E-state index contributed by atoms with van der Waals surface area (Å²) < 4.78 is 38.7. The first-order valence-electron chi connectivity index (χ1n) is 26.0. The zero-order valence-corrected chi connectivity index (χ0v) is 63.5. The summed E-state index contributed by atoms with van der Waals surface area (Å²) in [5, 5.41) is 0. The number of benzene rings is 1. The van der Waals surface area contributed by atoms with Crippen molar-refractivity contribution in [3.05, 3.63) is 42.5 Å². The van der Waals surface area contributed by atoms with Gasteiger partial charge in [-0.1, -0.05) is 104 Å². The quantitative estimate of drug-likeness (QED) is 0.0840. The third kappa shape index (κ3) is 51.5. The van der Waals surface area contributed by atoms with Crippen LogP contribution >= 0.6 is 0 Å². The van der Waals surface area contributed by atoms with Gasteiger partial charge in [-0.05, 0) is 52.9 Å². The molecule has 0 radical (unpaired) electrons. The molecule has 2 saturated carbocycles. The molecule has 0 aromatic heterocycles. The zero-order chi connectivity index (χ0) is 55.6. The van der Waals surface area contributed by atoms with Crippen LogP contribution in [0.4, 0.5) is 0 Å². The second-order valence-corrected chi connectivity index (χ2v) is 21.7. The molecule has 3 rings (SSSR count). The smallest absolute Gasteiger partial charge is 0.310 e. The summed E-state index contributed by atoms with van der Waals surface area (Å²) in [7, 11) is 7.69. The fourth-order valence-corrected chi connectivity index (χ4v) is 7.95. The van der Waals surface area contributed by atoms with Gasteiger partial charge in [-0.3, -0.25) is 33.6 Å². The van der Waals surface area contributed by atoms with Crippen LogP contribution in [0.2, 0.25) is 0 Å². The van der Waals surface area contributed by atoms with Crippen LogP contribution in [-0.2, 0) is 71.5 Å². The Morgan fingerprint density at radius 3 is 1.20 bits per heavy atom. The van der Waals surface area contributed by atoms with Crippen molar-refractivity contribution >= 4 is 129 Å². The number of ether oxygens (including phenoxy) is 8. The lowest BCUT2D eigenvalue weighted by molar-refractivity contribution is -0.151. The van der Waals surface area contributed by atoms with Gasteiger partial charge in [0.15, 0.2) is 0 Å². The SMILES string of the molecule is C=C(OC[SiH3])c1ccccc1.CC(=O)OC[SiH3].CC(C)(C)C(=O)OC[SiH3].CC(C)C(=O)OC[SiH3].CCC(=O)OC[SiH3].CCC(C)C(=O)OC[SiH3].O=C(OC[SiH3])C1CCCC1.O=C(OC[SiH3])C1CCCCC1. The van der Waals surface area contributed by atoms with Crippen LogP contribution in [0.15, 0.2) is 36.9 Å². The number of carbonyl (C=O) groups excluding carboxylic acids is 7. The highest BCUT2D eigenvalue weighted by atomic mass is 28.2. The van der Waals surface area contributed by atoms with Crippen LogP contribution < -0.4 is 0 Å². The second kappa shape index (κ2) is 53.1.